The van der Waals surface area contributed by atoms with E-state index in [1.807, 2.05) is 67.6 Å². The zero-order valence-corrected chi connectivity index (χ0v) is 19.0. The smallest absolute Gasteiger partial charge is 0.328 e. The van der Waals surface area contributed by atoms with E-state index in [1.165, 1.54) is 5.57 Å². The predicted octanol–water partition coefficient (Wildman–Crippen LogP) is 6.35. The van der Waals surface area contributed by atoms with E-state index in [2.05, 4.69) is 16.3 Å². The van der Waals surface area contributed by atoms with Crippen molar-refractivity contribution in [2.45, 2.75) is 19.8 Å². The van der Waals surface area contributed by atoms with Crippen LogP contribution in [0.5, 0.6) is 0 Å². The molecule has 1 fully saturated rings. The van der Waals surface area contributed by atoms with E-state index in [4.69, 9.17) is 5.11 Å². The molecule has 0 bridgehead atoms. The van der Waals surface area contributed by atoms with Crippen molar-refractivity contribution in [3.05, 3.63) is 106 Å². The molecule has 0 aliphatic heterocycles. The number of aryl methyl sites for hydroxylation is 1. The lowest BCUT2D eigenvalue weighted by atomic mass is 9.84. The van der Waals surface area contributed by atoms with Gasteiger partial charge in [-0.3, -0.25) is 5.10 Å². The summed E-state index contributed by atoms with van der Waals surface area (Å²) in [6.45, 7) is 2.01. The summed E-state index contributed by atoms with van der Waals surface area (Å²) < 4.78 is 14.4. The number of rotatable bonds is 6. The molecule has 0 unspecified atom stereocenters. The molecular formula is C29H22FN3O2. The highest BCUT2D eigenvalue weighted by Crippen LogP contribution is 2.48. The Hall–Kier alpha value is -4.50. The van der Waals surface area contributed by atoms with Gasteiger partial charge in [0, 0.05) is 6.08 Å². The fourth-order valence-corrected chi connectivity index (χ4v) is 4.51. The first kappa shape index (κ1) is 22.3. The molecule has 0 radical (unpaired) electrons. The molecule has 1 aliphatic rings. The van der Waals surface area contributed by atoms with Gasteiger partial charge in [-0.25, -0.2) is 4.79 Å². The Morgan fingerprint density at radius 1 is 1.11 bits per heavy atom. The Morgan fingerprint density at radius 3 is 2.51 bits per heavy atom. The van der Waals surface area contributed by atoms with Crippen molar-refractivity contribution in [1.29, 1.82) is 5.26 Å². The number of aromatic nitrogens is 2. The zero-order valence-electron chi connectivity index (χ0n) is 19.0. The number of allylic oxidation sites excluding steroid dienone is 1. The van der Waals surface area contributed by atoms with Gasteiger partial charge in [-0.05, 0) is 95.0 Å². The van der Waals surface area contributed by atoms with E-state index in [1.54, 1.807) is 6.08 Å². The first-order valence-electron chi connectivity index (χ1n) is 11.4. The molecule has 0 atom stereocenters. The second kappa shape index (κ2) is 9.03. The van der Waals surface area contributed by atoms with Crippen LogP contribution in [0.3, 0.4) is 0 Å². The maximum absolute atomic E-state index is 14.4. The number of fused-ring (bicyclic) bond motifs is 1. The molecular weight excluding hydrogens is 441 g/mol. The van der Waals surface area contributed by atoms with E-state index >= 15 is 0 Å². The van der Waals surface area contributed by atoms with Crippen molar-refractivity contribution in [2.75, 3.05) is 0 Å². The normalized spacial score (nSPS) is 14.2. The number of H-pyrrole nitrogens is 1. The number of carboxylic acids is 1. The van der Waals surface area contributed by atoms with Crippen LogP contribution in [0.15, 0.2) is 66.7 Å². The number of halogens is 1. The molecule has 3 aromatic carbocycles. The van der Waals surface area contributed by atoms with E-state index in [0.29, 0.717) is 22.4 Å². The number of hydrogen-bond acceptors (Lipinski definition) is 3. The van der Waals surface area contributed by atoms with Gasteiger partial charge in [-0.1, -0.05) is 36.4 Å². The molecule has 5 nitrogen and oxygen atoms in total. The molecule has 1 aliphatic carbocycles. The molecule has 1 aromatic heterocycles. The second-order valence-electron chi connectivity index (χ2n) is 8.77. The number of hydrogen-bond donors (Lipinski definition) is 2. The van der Waals surface area contributed by atoms with Crippen LogP contribution >= 0.6 is 0 Å². The summed E-state index contributed by atoms with van der Waals surface area (Å²) in [7, 11) is 0. The van der Waals surface area contributed by atoms with Crippen molar-refractivity contribution in [3.63, 3.8) is 0 Å². The maximum atomic E-state index is 14.4. The molecule has 35 heavy (non-hydrogen) atoms. The summed E-state index contributed by atoms with van der Waals surface area (Å²) in [5.74, 6) is -1.19. The molecule has 1 saturated carbocycles. The van der Waals surface area contributed by atoms with Gasteiger partial charge in [-0.2, -0.15) is 9.65 Å². The number of carbonyl (C=O) groups is 1. The number of nitriles is 1. The highest BCUT2D eigenvalue weighted by atomic mass is 19.1. The first-order valence-corrected chi connectivity index (χ1v) is 11.4. The van der Waals surface area contributed by atoms with Crippen molar-refractivity contribution in [2.24, 2.45) is 5.92 Å². The summed E-state index contributed by atoms with van der Waals surface area (Å²) in [6.07, 6.45) is 4.77. The zero-order chi connectivity index (χ0) is 24.5. The standard InChI is InChI=1S/C29H22FN3O2/c1-17-14-19(16-31)4-11-23(17)28(21-8-9-21)27(20-6-2-18(3-7-20)5-13-26(34)35)22-10-12-25-24(15-22)29(30)33-32-25/h2-7,10-15,21H,8-9H2,1H3,(H,32,33)(H,34,35). The quantitative estimate of drug-likeness (QED) is 0.258. The van der Waals surface area contributed by atoms with Crippen LogP contribution in [-0.4, -0.2) is 21.3 Å². The minimum atomic E-state index is -1.00. The van der Waals surface area contributed by atoms with Gasteiger partial charge in [-0.15, -0.1) is 5.10 Å². The number of benzene rings is 3. The SMILES string of the molecule is Cc1cc(C#N)ccc1C(=C(c1ccc(C=CC(=O)O)cc1)c1ccc2[nH]nc(F)c2c1)C1CC1. The lowest BCUT2D eigenvalue weighted by Crippen LogP contribution is -2.00. The van der Waals surface area contributed by atoms with Crippen LogP contribution in [0.25, 0.3) is 28.1 Å². The highest BCUT2D eigenvalue weighted by molar-refractivity contribution is 6.02. The number of carboxylic acid groups (broad SMARTS) is 1. The number of aliphatic carboxylic acids is 1. The molecule has 0 spiro atoms. The fraction of sp³-hybridized carbons (Fsp3) is 0.138. The third-order valence-electron chi connectivity index (χ3n) is 6.32. The van der Waals surface area contributed by atoms with Crippen LogP contribution < -0.4 is 0 Å². The summed E-state index contributed by atoms with van der Waals surface area (Å²) in [5.41, 5.74) is 8.09. The van der Waals surface area contributed by atoms with Gasteiger partial charge in [0.2, 0.25) is 5.95 Å². The van der Waals surface area contributed by atoms with Gasteiger partial charge in [0.25, 0.3) is 0 Å². The second-order valence-corrected chi connectivity index (χ2v) is 8.77. The molecule has 4 aromatic rings. The van der Waals surface area contributed by atoms with Crippen molar-refractivity contribution in [3.8, 4) is 6.07 Å². The van der Waals surface area contributed by atoms with E-state index in [-0.39, 0.29) is 0 Å². The lowest BCUT2D eigenvalue weighted by Gasteiger charge is -2.19. The van der Waals surface area contributed by atoms with Gasteiger partial charge in [0.1, 0.15) is 0 Å². The fourth-order valence-electron chi connectivity index (χ4n) is 4.51. The highest BCUT2D eigenvalue weighted by Gasteiger charge is 2.31. The largest absolute Gasteiger partial charge is 0.478 e. The number of aromatic amines is 1. The number of nitrogens with zero attached hydrogens (tertiary/aromatic N) is 2. The third kappa shape index (κ3) is 4.49. The predicted molar refractivity (Wildman–Crippen MR) is 134 cm³/mol. The van der Waals surface area contributed by atoms with Gasteiger partial charge in [0.05, 0.1) is 22.5 Å². The van der Waals surface area contributed by atoms with Crippen LogP contribution in [0.2, 0.25) is 0 Å². The first-order chi connectivity index (χ1) is 16.9. The summed E-state index contributed by atoms with van der Waals surface area (Å²) >= 11 is 0. The Morgan fingerprint density at radius 2 is 1.86 bits per heavy atom. The summed E-state index contributed by atoms with van der Waals surface area (Å²) in [5, 5.41) is 25.1. The third-order valence-corrected chi connectivity index (χ3v) is 6.32. The lowest BCUT2D eigenvalue weighted by molar-refractivity contribution is -0.131. The average molecular weight is 464 g/mol. The maximum Gasteiger partial charge on any atom is 0.328 e. The van der Waals surface area contributed by atoms with E-state index in [0.717, 1.165) is 52.3 Å². The van der Waals surface area contributed by atoms with Crippen molar-refractivity contribution < 1.29 is 14.3 Å². The Labute approximate surface area is 201 Å². The molecule has 1 heterocycles. The average Bonchev–Trinajstić information content (AvgIpc) is 3.64. The Kier molecular flexibility index (Phi) is 5.76. The Balaban J connectivity index is 1.75. The monoisotopic (exact) mass is 463 g/mol. The molecule has 5 rings (SSSR count). The summed E-state index contributed by atoms with van der Waals surface area (Å²) in [6, 6.07) is 21.2. The minimum absolute atomic E-state index is 0.355. The Bertz CT molecular complexity index is 1550. The van der Waals surface area contributed by atoms with Crippen LogP contribution in [0, 0.1) is 30.1 Å². The van der Waals surface area contributed by atoms with Crippen molar-refractivity contribution in [1.82, 2.24) is 10.2 Å². The van der Waals surface area contributed by atoms with E-state index < -0.39 is 11.9 Å². The molecule has 0 saturated heterocycles. The van der Waals surface area contributed by atoms with Crippen LogP contribution in [0.1, 0.15) is 46.2 Å². The van der Waals surface area contributed by atoms with Crippen molar-refractivity contribution >= 4 is 34.1 Å². The molecule has 172 valence electrons. The topological polar surface area (TPSA) is 89.8 Å². The van der Waals surface area contributed by atoms with E-state index in [9.17, 15) is 14.4 Å². The molecule has 6 heteroatoms. The summed E-state index contributed by atoms with van der Waals surface area (Å²) in [4.78, 5) is 10.9. The molecule has 0 amide bonds. The minimum Gasteiger partial charge on any atom is -0.478 e. The van der Waals surface area contributed by atoms with Gasteiger partial charge in [0.15, 0.2) is 0 Å². The van der Waals surface area contributed by atoms with Crippen LogP contribution in [-0.2, 0) is 4.79 Å². The van der Waals surface area contributed by atoms with Gasteiger partial charge < -0.3 is 5.11 Å². The van der Waals surface area contributed by atoms with Crippen LogP contribution in [0.4, 0.5) is 4.39 Å². The molecule has 2 N–H and O–H groups in total. The van der Waals surface area contributed by atoms with Gasteiger partial charge >= 0.3 is 5.97 Å². The number of nitrogens with one attached hydrogen (secondary N) is 1.